The fourth-order valence-corrected chi connectivity index (χ4v) is 14.4. The van der Waals surface area contributed by atoms with Gasteiger partial charge in [0.05, 0.1) is 11.4 Å². The Hall–Kier alpha value is -9.49. The van der Waals surface area contributed by atoms with Gasteiger partial charge < -0.3 is 19.0 Å². The maximum atomic E-state index is 7.53. The van der Waals surface area contributed by atoms with Gasteiger partial charge in [-0.05, 0) is 143 Å². The molecule has 402 valence electrons. The molecule has 12 aromatic carbocycles. The Balaban J connectivity index is 0.918. The molecule has 84 heavy (non-hydrogen) atoms. The average Bonchev–Trinajstić information content (AvgIpc) is 1.77. The molecule has 1 aromatic heterocycles. The molecule has 16 rings (SSSR count). The second-order valence-corrected chi connectivity index (χ2v) is 25.9. The van der Waals surface area contributed by atoms with Crippen LogP contribution in [0.2, 0.25) is 0 Å². The molecule has 0 saturated carbocycles. The smallest absolute Gasteiger partial charge is 0.256 e. The summed E-state index contributed by atoms with van der Waals surface area (Å²) >= 11 is 1.85. The van der Waals surface area contributed by atoms with Crippen molar-refractivity contribution in [2.45, 2.75) is 62.2 Å². The quantitative estimate of drug-likeness (QED) is 0.155. The van der Waals surface area contributed by atoms with E-state index in [9.17, 15) is 0 Å². The first-order valence-electron chi connectivity index (χ1n) is 29.2. The van der Waals surface area contributed by atoms with Crippen molar-refractivity contribution in [2.24, 2.45) is 0 Å². The molecule has 0 spiro atoms. The lowest BCUT2D eigenvalue weighted by Gasteiger charge is -2.41. The number of benzene rings is 12. The summed E-state index contributed by atoms with van der Waals surface area (Å²) < 4.78 is 14.7. The topological polar surface area (TPSA) is 28.9 Å². The van der Waals surface area contributed by atoms with Gasteiger partial charge in [0.2, 0.25) is 0 Å². The Morgan fingerprint density at radius 2 is 0.881 bits per heavy atom. The van der Waals surface area contributed by atoms with Crippen LogP contribution in [0.4, 0.5) is 34.1 Å². The third-order valence-corrected chi connectivity index (χ3v) is 18.7. The summed E-state index contributed by atoms with van der Waals surface area (Å²) in [4.78, 5) is 7.34. The molecule has 0 unspecified atom stereocenters. The highest BCUT2D eigenvalue weighted by Crippen LogP contribution is 2.55. The van der Waals surface area contributed by atoms with Gasteiger partial charge in [0.1, 0.15) is 23.0 Å². The monoisotopic (exact) mass is 1100 g/mol. The van der Waals surface area contributed by atoms with Gasteiger partial charge in [0.15, 0.2) is 0 Å². The van der Waals surface area contributed by atoms with Crippen LogP contribution in [0.1, 0.15) is 52.7 Å². The van der Waals surface area contributed by atoms with E-state index in [0.717, 1.165) is 90.0 Å². The van der Waals surface area contributed by atoms with Gasteiger partial charge in [-0.15, -0.1) is 0 Å². The van der Waals surface area contributed by atoms with Crippen LogP contribution in [0.25, 0.3) is 77.2 Å². The number of ether oxygens (including phenoxy) is 1. The lowest BCUT2D eigenvalue weighted by Crippen LogP contribution is -2.59. The minimum Gasteiger partial charge on any atom is -0.458 e. The van der Waals surface area contributed by atoms with Gasteiger partial charge in [0.25, 0.3) is 6.71 Å². The van der Waals surface area contributed by atoms with Crippen LogP contribution >= 0.6 is 11.8 Å². The molecule has 3 aliphatic heterocycles. The fourth-order valence-electron chi connectivity index (χ4n) is 13.3. The zero-order valence-corrected chi connectivity index (χ0v) is 48.7. The number of hydrogen-bond acceptors (Lipinski definition) is 5. The van der Waals surface area contributed by atoms with Crippen molar-refractivity contribution in [3.8, 4) is 56.4 Å². The van der Waals surface area contributed by atoms with E-state index in [1.165, 1.54) is 70.2 Å². The molecule has 0 atom stereocenters. The molecule has 0 amide bonds. The molecular weight excluding hydrogens is 1040 g/mol. The summed E-state index contributed by atoms with van der Waals surface area (Å²) in [5, 5.41) is 7.10. The highest BCUT2D eigenvalue weighted by atomic mass is 32.2. The third kappa shape index (κ3) is 8.14. The van der Waals surface area contributed by atoms with E-state index in [-0.39, 0.29) is 17.5 Å². The molecule has 0 radical (unpaired) electrons. The summed E-state index contributed by atoms with van der Waals surface area (Å²) in [5.74, 6) is 3.44. The van der Waals surface area contributed by atoms with E-state index in [4.69, 9.17) is 9.15 Å². The van der Waals surface area contributed by atoms with Crippen LogP contribution < -0.4 is 30.9 Å². The second kappa shape index (κ2) is 19.0. The van der Waals surface area contributed by atoms with E-state index in [1.54, 1.807) is 0 Å². The van der Waals surface area contributed by atoms with E-state index < -0.39 is 0 Å². The van der Waals surface area contributed by atoms with Crippen LogP contribution in [-0.4, -0.2) is 6.71 Å². The number of fused-ring (bicyclic) bond motifs is 9. The van der Waals surface area contributed by atoms with Crippen molar-refractivity contribution in [1.82, 2.24) is 0 Å². The van der Waals surface area contributed by atoms with Crippen molar-refractivity contribution in [3.05, 3.63) is 260 Å². The second-order valence-electron chi connectivity index (χ2n) is 24.9. The summed E-state index contributed by atoms with van der Waals surface area (Å²) in [6, 6.07) is 91.7. The fraction of sp³-hybridized carbons (Fsp3) is 0.103. The first-order chi connectivity index (χ1) is 40.9. The van der Waals surface area contributed by atoms with E-state index in [1.807, 2.05) is 11.8 Å². The van der Waals surface area contributed by atoms with E-state index in [0.29, 0.717) is 0 Å². The molecule has 4 nitrogen and oxygen atoms in total. The average molecular weight is 1100 g/mol. The Labute approximate surface area is 495 Å². The Morgan fingerprint density at radius 3 is 1.46 bits per heavy atom. The normalized spacial score (nSPS) is 13.3. The van der Waals surface area contributed by atoms with Crippen LogP contribution in [-0.2, 0) is 10.8 Å². The van der Waals surface area contributed by atoms with Crippen molar-refractivity contribution >= 4 is 101 Å². The van der Waals surface area contributed by atoms with Crippen molar-refractivity contribution in [2.75, 3.05) is 9.80 Å². The SMILES string of the molecule is CC(C)(C)c1ccc(N2c3cc4c(-c5ccccc5)oc(-c5ccccc5)c4cc3B3c4ccc(N5c6ccc(-c7cccc8ccccc78)cc6Sc6cc(-c7cccc8ccccc78)ccc65)cc4Oc4cc(C(C)(C)C)cc2c43)cc1. The molecule has 0 saturated heterocycles. The number of nitrogens with zero attached hydrogens (tertiary/aromatic N) is 2. The Kier molecular flexibility index (Phi) is 11.4. The van der Waals surface area contributed by atoms with Crippen molar-refractivity contribution in [1.29, 1.82) is 0 Å². The van der Waals surface area contributed by atoms with E-state index in [2.05, 4.69) is 300 Å². The largest absolute Gasteiger partial charge is 0.458 e. The van der Waals surface area contributed by atoms with Gasteiger partial charge in [-0.25, -0.2) is 0 Å². The Bertz CT molecular complexity index is 4680. The van der Waals surface area contributed by atoms with Crippen LogP contribution in [0.15, 0.2) is 263 Å². The van der Waals surface area contributed by atoms with Gasteiger partial charge in [-0.3, -0.25) is 0 Å². The third-order valence-electron chi connectivity index (χ3n) is 17.6. The summed E-state index contributed by atoms with van der Waals surface area (Å²) in [5.41, 5.74) is 19.3. The molecule has 6 heteroatoms. The molecular formula is C78H59BN2O2S. The van der Waals surface area contributed by atoms with Crippen LogP contribution in [0.3, 0.4) is 0 Å². The molecule has 0 N–H and O–H groups in total. The first-order valence-corrected chi connectivity index (χ1v) is 30.1. The standard InChI is InChI=1S/C78H59BN2O2S/c1-77(2,3)54-33-35-56(36-34-54)80-68-47-63-62(75(50-21-9-7-10-22-50)83-76(63)51-23-11-8-12-24-51)46-65(68)79-64-38-37-57(45-70(64)82-71-44-55(78(4,5)6)43-69(80)74(71)79)81-66-39-31-52(60-29-17-25-48-19-13-15-27-58(48)60)41-72(66)84-73-42-53(32-40-67(73)81)61-30-18-26-49-20-14-16-28-59(49)61/h7-47H,1-6H3. The molecule has 4 heterocycles. The summed E-state index contributed by atoms with van der Waals surface area (Å²) in [6.07, 6.45) is 0. The molecule has 3 aliphatic rings. The zero-order valence-electron chi connectivity index (χ0n) is 47.9. The maximum Gasteiger partial charge on any atom is 0.256 e. The minimum absolute atomic E-state index is 0.00933. The van der Waals surface area contributed by atoms with Crippen molar-refractivity contribution < 1.29 is 9.15 Å². The zero-order chi connectivity index (χ0) is 56.6. The maximum absolute atomic E-state index is 7.53. The van der Waals surface area contributed by atoms with Gasteiger partial charge in [0, 0.05) is 60.5 Å². The van der Waals surface area contributed by atoms with E-state index >= 15 is 0 Å². The van der Waals surface area contributed by atoms with Gasteiger partial charge >= 0.3 is 0 Å². The molecule has 0 aliphatic carbocycles. The molecule has 0 fully saturated rings. The van der Waals surface area contributed by atoms with Crippen molar-refractivity contribution in [3.63, 3.8) is 0 Å². The molecule has 13 aromatic rings. The number of furan rings is 1. The Morgan fingerprint density at radius 1 is 0.357 bits per heavy atom. The lowest BCUT2D eigenvalue weighted by molar-refractivity contribution is 0.483. The van der Waals surface area contributed by atoms with Crippen LogP contribution in [0.5, 0.6) is 11.5 Å². The number of anilines is 6. The predicted molar refractivity (Wildman–Crippen MR) is 355 cm³/mol. The van der Waals surface area contributed by atoms with Gasteiger partial charge in [-0.1, -0.05) is 235 Å². The highest BCUT2D eigenvalue weighted by Gasteiger charge is 2.44. The van der Waals surface area contributed by atoms with Gasteiger partial charge in [-0.2, -0.15) is 0 Å². The number of rotatable bonds is 6. The molecule has 0 bridgehead atoms. The summed E-state index contributed by atoms with van der Waals surface area (Å²) in [6.45, 7) is 13.6. The lowest BCUT2D eigenvalue weighted by atomic mass is 9.34. The summed E-state index contributed by atoms with van der Waals surface area (Å²) in [7, 11) is 0. The first kappa shape index (κ1) is 50.3. The number of hydrogen-bond donors (Lipinski definition) is 0. The minimum atomic E-state index is -0.192. The highest BCUT2D eigenvalue weighted by molar-refractivity contribution is 7.99. The predicted octanol–water partition coefficient (Wildman–Crippen LogP) is 20.3. The van der Waals surface area contributed by atoms with Crippen LogP contribution in [0, 0.1) is 0 Å².